The molecule has 8 nitrogen and oxygen atoms in total. The van der Waals surface area contributed by atoms with Crippen molar-refractivity contribution in [3.05, 3.63) is 83.4 Å². The van der Waals surface area contributed by atoms with Crippen LogP contribution in [0.1, 0.15) is 22.6 Å². The summed E-state index contributed by atoms with van der Waals surface area (Å²) in [7, 11) is 3.78. The molecule has 1 unspecified atom stereocenters. The number of benzene rings is 2. The molecule has 4 aromatic rings. The first-order valence-electron chi connectivity index (χ1n) is 12.5. The number of aromatic nitrogens is 1. The van der Waals surface area contributed by atoms with Crippen molar-refractivity contribution in [1.82, 2.24) is 4.98 Å². The number of amides is 1. The van der Waals surface area contributed by atoms with Gasteiger partial charge in [0.15, 0.2) is 11.5 Å². The highest BCUT2D eigenvalue weighted by atomic mass is 19.4. The summed E-state index contributed by atoms with van der Waals surface area (Å²) in [5, 5.41) is 0. The van der Waals surface area contributed by atoms with Crippen molar-refractivity contribution in [2.24, 2.45) is 0 Å². The van der Waals surface area contributed by atoms with Crippen LogP contribution in [0, 0.1) is 0 Å². The van der Waals surface area contributed by atoms with Crippen molar-refractivity contribution >= 4 is 17.4 Å². The summed E-state index contributed by atoms with van der Waals surface area (Å²) in [5.74, 6) is 0.818. The summed E-state index contributed by atoms with van der Waals surface area (Å²) in [5.41, 5.74) is 2.10. The molecule has 11 heteroatoms. The first kappa shape index (κ1) is 24.4. The maximum atomic E-state index is 14.5. The summed E-state index contributed by atoms with van der Waals surface area (Å²) >= 11 is 0. The van der Waals surface area contributed by atoms with Gasteiger partial charge in [0.1, 0.15) is 29.3 Å². The van der Waals surface area contributed by atoms with E-state index in [1.807, 2.05) is 43.3 Å². The largest absolute Gasteiger partial charge is 0.491 e. The Morgan fingerprint density at radius 1 is 1.00 bits per heavy atom. The highest BCUT2D eigenvalue weighted by Gasteiger charge is 2.58. The molecule has 0 saturated carbocycles. The Labute approximate surface area is 226 Å². The fraction of sp³-hybridized carbons (Fsp3) is 0.241. The molecule has 0 aliphatic carbocycles. The van der Waals surface area contributed by atoms with E-state index in [1.54, 1.807) is 24.4 Å². The zero-order chi connectivity index (χ0) is 27.8. The van der Waals surface area contributed by atoms with E-state index >= 15 is 0 Å². The van der Waals surface area contributed by atoms with Gasteiger partial charge in [-0.1, -0.05) is 12.1 Å². The van der Waals surface area contributed by atoms with Crippen LogP contribution < -0.4 is 24.0 Å². The minimum atomic E-state index is -4.63. The van der Waals surface area contributed by atoms with Gasteiger partial charge in [-0.3, -0.25) is 4.79 Å². The molecule has 204 valence electrons. The molecule has 1 spiro atoms. The zero-order valence-electron chi connectivity index (χ0n) is 21.4. The number of nitrogens with zero attached hydrogens (tertiary/aromatic N) is 3. The second-order valence-corrected chi connectivity index (χ2v) is 10.0. The average Bonchev–Trinajstić information content (AvgIpc) is 3.71. The fourth-order valence-electron chi connectivity index (χ4n) is 5.66. The van der Waals surface area contributed by atoms with Crippen molar-refractivity contribution in [2.45, 2.75) is 18.1 Å². The Kier molecular flexibility index (Phi) is 5.13. The Balaban J connectivity index is 1.41. The second kappa shape index (κ2) is 8.41. The number of carbonyl (C=O) groups excluding carboxylic acids is 1. The maximum Gasteiger partial charge on any atom is 0.449 e. The van der Waals surface area contributed by atoms with Gasteiger partial charge in [0.05, 0.1) is 6.54 Å². The van der Waals surface area contributed by atoms with E-state index in [4.69, 9.17) is 18.6 Å². The van der Waals surface area contributed by atoms with Crippen molar-refractivity contribution in [1.29, 1.82) is 0 Å². The number of carbonyl (C=O) groups is 1. The van der Waals surface area contributed by atoms with Gasteiger partial charge >= 0.3 is 6.18 Å². The van der Waals surface area contributed by atoms with Gasteiger partial charge < -0.3 is 28.4 Å². The van der Waals surface area contributed by atoms with E-state index in [2.05, 4.69) is 4.98 Å². The first-order valence-corrected chi connectivity index (χ1v) is 12.5. The Bertz CT molecular complexity index is 1660. The minimum absolute atomic E-state index is 0.000259. The summed E-state index contributed by atoms with van der Waals surface area (Å²) < 4.78 is 62.1. The van der Waals surface area contributed by atoms with Gasteiger partial charge in [0.25, 0.3) is 0 Å². The highest BCUT2D eigenvalue weighted by molar-refractivity contribution is 6.13. The lowest BCUT2D eigenvalue weighted by molar-refractivity contribution is -0.153. The van der Waals surface area contributed by atoms with Gasteiger partial charge in [-0.15, -0.1) is 0 Å². The van der Waals surface area contributed by atoms with Crippen molar-refractivity contribution in [3.63, 3.8) is 0 Å². The molecule has 0 radical (unpaired) electrons. The van der Waals surface area contributed by atoms with Gasteiger partial charge in [-0.2, -0.15) is 13.2 Å². The van der Waals surface area contributed by atoms with Gasteiger partial charge in [0, 0.05) is 48.7 Å². The Morgan fingerprint density at radius 3 is 2.50 bits per heavy atom. The van der Waals surface area contributed by atoms with E-state index in [9.17, 15) is 18.0 Å². The van der Waals surface area contributed by atoms with Gasteiger partial charge in [0.2, 0.25) is 18.5 Å². The summed E-state index contributed by atoms with van der Waals surface area (Å²) in [6.07, 6.45) is -2.89. The molecule has 2 aromatic carbocycles. The summed E-state index contributed by atoms with van der Waals surface area (Å²) in [4.78, 5) is 22.4. The molecule has 3 aliphatic rings. The number of ether oxygens (including phenoxy) is 3. The number of hydrogen-bond acceptors (Lipinski definition) is 7. The summed E-state index contributed by atoms with van der Waals surface area (Å²) in [6.45, 7) is -0.137. The number of furan rings is 1. The lowest BCUT2D eigenvalue weighted by atomic mass is 9.74. The molecule has 1 atom stereocenters. The number of fused-ring (bicyclic) bond motifs is 5. The number of rotatable bonds is 4. The monoisotopic (exact) mass is 549 g/mol. The molecule has 0 saturated heterocycles. The molecule has 1 amide bonds. The van der Waals surface area contributed by atoms with Crippen LogP contribution in [0.25, 0.3) is 11.1 Å². The molecule has 40 heavy (non-hydrogen) atoms. The molecule has 5 heterocycles. The molecular weight excluding hydrogens is 527 g/mol. The predicted molar refractivity (Wildman–Crippen MR) is 138 cm³/mol. The van der Waals surface area contributed by atoms with Crippen LogP contribution in [0.2, 0.25) is 0 Å². The van der Waals surface area contributed by atoms with Crippen molar-refractivity contribution in [2.75, 3.05) is 37.3 Å². The molecule has 2 aromatic heterocycles. The van der Waals surface area contributed by atoms with Crippen molar-refractivity contribution < 1.29 is 36.6 Å². The number of alkyl halides is 3. The molecule has 0 N–H and O–H groups in total. The third-order valence-corrected chi connectivity index (χ3v) is 7.52. The molecule has 0 fully saturated rings. The van der Waals surface area contributed by atoms with Crippen LogP contribution in [-0.4, -0.2) is 38.4 Å². The van der Waals surface area contributed by atoms with Crippen LogP contribution in [-0.2, 0) is 22.9 Å². The lowest BCUT2D eigenvalue weighted by Crippen LogP contribution is -2.42. The number of hydrogen-bond donors (Lipinski definition) is 0. The number of halogens is 3. The van der Waals surface area contributed by atoms with Crippen LogP contribution in [0.3, 0.4) is 0 Å². The van der Waals surface area contributed by atoms with Crippen molar-refractivity contribution in [3.8, 4) is 28.4 Å². The smallest absolute Gasteiger partial charge is 0.449 e. The van der Waals surface area contributed by atoms with Crippen LogP contribution in [0.4, 0.5) is 24.7 Å². The number of anilines is 2. The molecule has 3 aliphatic heterocycles. The quantitative estimate of drug-likeness (QED) is 0.338. The fourth-order valence-corrected chi connectivity index (χ4v) is 5.66. The highest BCUT2D eigenvalue weighted by Crippen LogP contribution is 2.57. The normalized spacial score (nSPS) is 18.7. The van der Waals surface area contributed by atoms with E-state index in [0.717, 1.165) is 23.0 Å². The van der Waals surface area contributed by atoms with Crippen LogP contribution in [0.5, 0.6) is 17.2 Å². The van der Waals surface area contributed by atoms with Gasteiger partial charge in [-0.05, 0) is 42.0 Å². The average molecular weight is 550 g/mol. The molecule has 7 rings (SSSR count). The number of pyridine rings is 1. The maximum absolute atomic E-state index is 14.5. The third-order valence-electron chi connectivity index (χ3n) is 7.52. The lowest BCUT2D eigenvalue weighted by Gasteiger charge is -2.24. The van der Waals surface area contributed by atoms with Gasteiger partial charge in [-0.25, -0.2) is 4.98 Å². The Hall–Kier alpha value is -4.67. The van der Waals surface area contributed by atoms with Crippen LogP contribution >= 0.6 is 0 Å². The topological polar surface area (TPSA) is 77.3 Å². The minimum Gasteiger partial charge on any atom is -0.491 e. The third kappa shape index (κ3) is 3.46. The van der Waals surface area contributed by atoms with E-state index in [1.165, 1.54) is 11.0 Å². The van der Waals surface area contributed by atoms with E-state index < -0.39 is 17.4 Å². The Morgan fingerprint density at radius 2 is 1.80 bits per heavy atom. The van der Waals surface area contributed by atoms with Crippen LogP contribution in [0.15, 0.2) is 65.2 Å². The first-order chi connectivity index (χ1) is 19.2. The molecule has 0 bridgehead atoms. The van der Waals surface area contributed by atoms with E-state index in [0.29, 0.717) is 34.1 Å². The zero-order valence-corrected chi connectivity index (χ0v) is 21.4. The molecular formula is C29H22F3N3O5. The SMILES string of the molecule is CN(C)c1ccc(-c2cccc3c2C2(COc4cc5c(cc42)OCO5)C(=O)N3Cc2ccc(C(F)(F)F)o2)cn1. The summed E-state index contributed by atoms with van der Waals surface area (Å²) in [6, 6.07) is 14.9. The van der Waals surface area contributed by atoms with E-state index in [-0.39, 0.29) is 31.6 Å². The second-order valence-electron chi connectivity index (χ2n) is 10.0. The predicted octanol–water partition coefficient (Wildman–Crippen LogP) is 5.38. The standard InChI is InChI=1S/C29H22F3N3O5/c1-34(2)25-9-6-16(12-33-25)18-4-3-5-20-26(18)28(14-37-21-11-23-22(10-19(21)28)38-15-39-23)27(36)35(20)13-17-7-8-24(40-17)29(30,31)32/h3-12H,13-15H2,1-2H3.